The van der Waals surface area contributed by atoms with Gasteiger partial charge in [-0.15, -0.1) is 0 Å². The highest BCUT2D eigenvalue weighted by molar-refractivity contribution is 6.46. The number of ether oxygens (including phenoxy) is 3. The molecule has 1 N–H and O–H groups in total. The Bertz CT molecular complexity index is 1090. The van der Waals surface area contributed by atoms with Crippen molar-refractivity contribution >= 4 is 17.4 Å². The van der Waals surface area contributed by atoms with Crippen LogP contribution < -0.4 is 14.2 Å². The average Bonchev–Trinajstić information content (AvgIpc) is 3.13. The molecule has 2 aliphatic heterocycles. The molecular formula is C26H30N2O6. The normalized spacial score (nSPS) is 19.1. The minimum absolute atomic E-state index is 0.0615. The molecular weight excluding hydrogens is 436 g/mol. The number of ketones is 1. The summed E-state index contributed by atoms with van der Waals surface area (Å²) in [5.74, 6) is 0.179. The minimum Gasteiger partial charge on any atom is -0.507 e. The van der Waals surface area contributed by atoms with Crippen molar-refractivity contribution in [3.63, 3.8) is 0 Å². The van der Waals surface area contributed by atoms with Gasteiger partial charge in [0.1, 0.15) is 24.7 Å². The van der Waals surface area contributed by atoms with E-state index in [-0.39, 0.29) is 11.3 Å². The van der Waals surface area contributed by atoms with Crippen LogP contribution in [0.1, 0.15) is 31.0 Å². The largest absolute Gasteiger partial charge is 0.507 e. The molecule has 4 rings (SSSR count). The van der Waals surface area contributed by atoms with Crippen LogP contribution in [0.15, 0.2) is 48.0 Å². The summed E-state index contributed by atoms with van der Waals surface area (Å²) in [5.41, 5.74) is 1.18. The number of methoxy groups -OCH3 is 1. The van der Waals surface area contributed by atoms with Crippen LogP contribution in [0.25, 0.3) is 5.76 Å². The monoisotopic (exact) mass is 466 g/mol. The molecule has 2 aliphatic rings. The molecule has 0 unspecified atom stereocenters. The van der Waals surface area contributed by atoms with Crippen molar-refractivity contribution in [2.24, 2.45) is 0 Å². The van der Waals surface area contributed by atoms with Gasteiger partial charge < -0.3 is 29.1 Å². The number of likely N-dealkylation sites (tertiary alicyclic amines) is 1. The Hall–Kier alpha value is -3.52. The first-order chi connectivity index (χ1) is 16.5. The molecule has 2 heterocycles. The fourth-order valence-corrected chi connectivity index (χ4v) is 4.38. The summed E-state index contributed by atoms with van der Waals surface area (Å²) in [4.78, 5) is 30.1. The van der Waals surface area contributed by atoms with Gasteiger partial charge in [-0.3, -0.25) is 9.59 Å². The number of likely N-dealkylation sites (N-methyl/N-ethyl adjacent to an activating group) is 1. The maximum atomic E-state index is 13.2. The zero-order chi connectivity index (χ0) is 24.2. The molecule has 0 saturated carbocycles. The zero-order valence-electron chi connectivity index (χ0n) is 19.7. The minimum atomic E-state index is -0.713. The summed E-state index contributed by atoms with van der Waals surface area (Å²) in [6.07, 6.45) is 0. The predicted molar refractivity (Wildman–Crippen MR) is 127 cm³/mol. The van der Waals surface area contributed by atoms with E-state index < -0.39 is 17.7 Å². The lowest BCUT2D eigenvalue weighted by Crippen LogP contribution is -2.38. The Morgan fingerprint density at radius 2 is 1.74 bits per heavy atom. The van der Waals surface area contributed by atoms with Crippen molar-refractivity contribution in [1.29, 1.82) is 0 Å². The molecule has 1 atom stereocenters. The molecule has 1 saturated heterocycles. The molecule has 1 amide bonds. The number of rotatable bonds is 8. The molecule has 2 aromatic rings. The van der Waals surface area contributed by atoms with Gasteiger partial charge in [0.2, 0.25) is 0 Å². The topological polar surface area (TPSA) is 88.5 Å². The lowest BCUT2D eigenvalue weighted by molar-refractivity contribution is -0.140. The number of aliphatic hydroxyl groups is 1. The van der Waals surface area contributed by atoms with E-state index in [2.05, 4.69) is 18.7 Å². The molecule has 0 aromatic heterocycles. The SMILES string of the molecule is CCN(CC)CCN1C(=O)C(=O)/C(=C(/O)c2ccc3c(c2)OCCO3)[C@@H]1c1ccc(OC)cc1. The molecule has 0 spiro atoms. The first-order valence-electron chi connectivity index (χ1n) is 11.5. The lowest BCUT2D eigenvalue weighted by Gasteiger charge is -2.28. The van der Waals surface area contributed by atoms with Gasteiger partial charge in [0.05, 0.1) is 18.7 Å². The van der Waals surface area contributed by atoms with Crippen LogP contribution >= 0.6 is 0 Å². The summed E-state index contributed by atoms with van der Waals surface area (Å²) < 4.78 is 16.5. The molecule has 180 valence electrons. The number of carbonyl (C=O) groups is 2. The van der Waals surface area contributed by atoms with Gasteiger partial charge in [0.15, 0.2) is 11.5 Å². The van der Waals surface area contributed by atoms with E-state index in [1.807, 2.05) is 12.1 Å². The predicted octanol–water partition coefficient (Wildman–Crippen LogP) is 3.23. The van der Waals surface area contributed by atoms with Crippen LogP contribution in [0.5, 0.6) is 17.2 Å². The van der Waals surface area contributed by atoms with E-state index in [4.69, 9.17) is 14.2 Å². The fourth-order valence-electron chi connectivity index (χ4n) is 4.38. The first kappa shape index (κ1) is 23.6. The Labute approximate surface area is 199 Å². The highest BCUT2D eigenvalue weighted by Gasteiger charge is 2.46. The summed E-state index contributed by atoms with van der Waals surface area (Å²) >= 11 is 0. The molecule has 0 radical (unpaired) electrons. The van der Waals surface area contributed by atoms with E-state index in [1.54, 1.807) is 42.3 Å². The third-order valence-electron chi connectivity index (χ3n) is 6.34. The standard InChI is InChI=1S/C26H30N2O6/c1-4-27(5-2)12-13-28-23(17-6-9-19(32-3)10-7-17)22(25(30)26(28)31)24(29)18-8-11-20-21(16-18)34-15-14-33-20/h6-11,16,23,29H,4-5,12-15H2,1-3H3/b24-22+/t23-/m0/s1. The third kappa shape index (κ3) is 4.46. The molecule has 2 aromatic carbocycles. The summed E-state index contributed by atoms with van der Waals surface area (Å²) in [6.45, 7) is 7.63. The number of nitrogens with zero attached hydrogens (tertiary/aromatic N) is 2. The van der Waals surface area contributed by atoms with Crippen LogP contribution in [0, 0.1) is 0 Å². The quantitative estimate of drug-likeness (QED) is 0.363. The third-order valence-corrected chi connectivity index (χ3v) is 6.34. The lowest BCUT2D eigenvalue weighted by atomic mass is 9.95. The molecule has 8 nitrogen and oxygen atoms in total. The number of aliphatic hydroxyl groups excluding tert-OH is 1. The second-order valence-corrected chi connectivity index (χ2v) is 8.15. The van der Waals surface area contributed by atoms with Crippen LogP contribution in [0.3, 0.4) is 0 Å². The van der Waals surface area contributed by atoms with Crippen molar-refractivity contribution in [3.8, 4) is 17.2 Å². The summed E-state index contributed by atoms with van der Waals surface area (Å²) in [6, 6.07) is 11.5. The Morgan fingerprint density at radius 1 is 1.06 bits per heavy atom. The second kappa shape index (κ2) is 10.2. The first-order valence-corrected chi connectivity index (χ1v) is 11.5. The average molecular weight is 467 g/mol. The number of Topliss-reactive ketones (excluding diaryl/α,β-unsaturated/α-hetero) is 1. The van der Waals surface area contributed by atoms with Crippen LogP contribution in [0.2, 0.25) is 0 Å². The zero-order valence-corrected chi connectivity index (χ0v) is 19.7. The van der Waals surface area contributed by atoms with E-state index in [0.717, 1.165) is 18.7 Å². The van der Waals surface area contributed by atoms with Crippen molar-refractivity contribution < 1.29 is 28.9 Å². The highest BCUT2D eigenvalue weighted by Crippen LogP contribution is 2.41. The smallest absolute Gasteiger partial charge is 0.295 e. The van der Waals surface area contributed by atoms with Crippen molar-refractivity contribution in [1.82, 2.24) is 9.80 Å². The van der Waals surface area contributed by atoms with E-state index in [0.29, 0.717) is 49.1 Å². The number of hydrogen-bond acceptors (Lipinski definition) is 7. The fraction of sp³-hybridized carbons (Fsp3) is 0.385. The number of fused-ring (bicyclic) bond motifs is 1. The summed E-state index contributed by atoms with van der Waals surface area (Å²) in [7, 11) is 1.58. The van der Waals surface area contributed by atoms with Crippen LogP contribution in [0.4, 0.5) is 0 Å². The second-order valence-electron chi connectivity index (χ2n) is 8.15. The molecule has 0 aliphatic carbocycles. The molecule has 8 heteroatoms. The molecule has 34 heavy (non-hydrogen) atoms. The van der Waals surface area contributed by atoms with Gasteiger partial charge >= 0.3 is 0 Å². The van der Waals surface area contributed by atoms with Gasteiger partial charge in [-0.2, -0.15) is 0 Å². The van der Waals surface area contributed by atoms with Crippen LogP contribution in [-0.4, -0.2) is 73.1 Å². The van der Waals surface area contributed by atoms with Crippen LogP contribution in [-0.2, 0) is 9.59 Å². The summed E-state index contributed by atoms with van der Waals surface area (Å²) in [5, 5.41) is 11.3. The Morgan fingerprint density at radius 3 is 2.38 bits per heavy atom. The Kier molecular flexibility index (Phi) is 7.07. The van der Waals surface area contributed by atoms with E-state index in [9.17, 15) is 14.7 Å². The van der Waals surface area contributed by atoms with Gasteiger partial charge in [0.25, 0.3) is 11.7 Å². The van der Waals surface area contributed by atoms with Gasteiger partial charge in [-0.05, 0) is 49.0 Å². The Balaban J connectivity index is 1.78. The maximum Gasteiger partial charge on any atom is 0.295 e. The number of amides is 1. The number of benzene rings is 2. The van der Waals surface area contributed by atoms with Gasteiger partial charge in [-0.1, -0.05) is 26.0 Å². The van der Waals surface area contributed by atoms with E-state index >= 15 is 0 Å². The highest BCUT2D eigenvalue weighted by atomic mass is 16.6. The van der Waals surface area contributed by atoms with E-state index in [1.165, 1.54) is 0 Å². The maximum absolute atomic E-state index is 13.2. The number of hydrogen-bond donors (Lipinski definition) is 1. The van der Waals surface area contributed by atoms with Crippen molar-refractivity contribution in [2.45, 2.75) is 19.9 Å². The molecule has 1 fully saturated rings. The van der Waals surface area contributed by atoms with Gasteiger partial charge in [0, 0.05) is 18.7 Å². The van der Waals surface area contributed by atoms with Crippen molar-refractivity contribution in [3.05, 3.63) is 59.2 Å². The van der Waals surface area contributed by atoms with Gasteiger partial charge in [-0.25, -0.2) is 0 Å². The molecule has 0 bridgehead atoms. The number of carbonyl (C=O) groups excluding carboxylic acids is 2. The van der Waals surface area contributed by atoms with Crippen molar-refractivity contribution in [2.75, 3.05) is 46.5 Å².